The molecule has 3 heteroatoms. The van der Waals surface area contributed by atoms with Gasteiger partial charge in [-0.3, -0.25) is 0 Å². The molecule has 92 valence electrons. The third-order valence-electron chi connectivity index (χ3n) is 4.36. The van der Waals surface area contributed by atoms with E-state index in [1.54, 1.807) is 0 Å². The van der Waals surface area contributed by atoms with Crippen molar-refractivity contribution in [2.75, 3.05) is 0 Å². The highest BCUT2D eigenvalue weighted by molar-refractivity contribution is 5.13. The first-order valence-electron chi connectivity index (χ1n) is 6.91. The van der Waals surface area contributed by atoms with Gasteiger partial charge in [-0.1, -0.05) is 6.42 Å². The molecule has 0 unspecified atom stereocenters. The standard InChI is InChI=1S/C14H21N3/c15-12-6-4-11(5-7-12)14-16-9-8-13(17-14)10-2-1-3-10/h8-12H,1-7,15H2. The Morgan fingerprint density at radius 3 is 2.41 bits per heavy atom. The molecule has 0 aliphatic heterocycles. The SMILES string of the molecule is NC1CCC(c2nccc(C3CCC3)n2)CC1. The van der Waals surface area contributed by atoms with Crippen LogP contribution >= 0.6 is 0 Å². The maximum absolute atomic E-state index is 5.94. The molecule has 0 aromatic carbocycles. The van der Waals surface area contributed by atoms with E-state index in [1.165, 1.54) is 25.0 Å². The van der Waals surface area contributed by atoms with E-state index in [-0.39, 0.29) is 0 Å². The van der Waals surface area contributed by atoms with Gasteiger partial charge in [0.15, 0.2) is 0 Å². The van der Waals surface area contributed by atoms with Crippen LogP contribution in [-0.4, -0.2) is 16.0 Å². The van der Waals surface area contributed by atoms with Crippen molar-refractivity contribution >= 4 is 0 Å². The van der Waals surface area contributed by atoms with Crippen LogP contribution in [0.25, 0.3) is 0 Å². The quantitative estimate of drug-likeness (QED) is 0.851. The molecular weight excluding hydrogens is 210 g/mol. The predicted octanol–water partition coefficient (Wildman–Crippen LogP) is 2.73. The van der Waals surface area contributed by atoms with Crippen molar-refractivity contribution in [3.05, 3.63) is 23.8 Å². The van der Waals surface area contributed by atoms with Gasteiger partial charge in [0.05, 0.1) is 0 Å². The smallest absolute Gasteiger partial charge is 0.131 e. The average molecular weight is 231 g/mol. The Labute approximate surface area is 103 Å². The minimum absolute atomic E-state index is 0.404. The summed E-state index contributed by atoms with van der Waals surface area (Å²) in [4.78, 5) is 9.27. The maximum atomic E-state index is 5.94. The number of rotatable bonds is 2. The first-order valence-corrected chi connectivity index (χ1v) is 6.91. The zero-order valence-electron chi connectivity index (χ0n) is 10.3. The monoisotopic (exact) mass is 231 g/mol. The second kappa shape index (κ2) is 4.73. The average Bonchev–Trinajstić information content (AvgIpc) is 2.28. The lowest BCUT2D eigenvalue weighted by molar-refractivity contribution is 0.377. The highest BCUT2D eigenvalue weighted by Crippen LogP contribution is 2.36. The summed E-state index contributed by atoms with van der Waals surface area (Å²) in [5.41, 5.74) is 7.22. The van der Waals surface area contributed by atoms with Crippen LogP contribution in [0.2, 0.25) is 0 Å². The fraction of sp³-hybridized carbons (Fsp3) is 0.714. The first kappa shape index (κ1) is 11.1. The molecule has 1 heterocycles. The van der Waals surface area contributed by atoms with Crippen LogP contribution in [0.15, 0.2) is 12.3 Å². The van der Waals surface area contributed by atoms with E-state index in [4.69, 9.17) is 10.7 Å². The van der Waals surface area contributed by atoms with Gasteiger partial charge in [-0.25, -0.2) is 9.97 Å². The summed E-state index contributed by atoms with van der Waals surface area (Å²) >= 11 is 0. The minimum atomic E-state index is 0.404. The molecule has 2 saturated carbocycles. The van der Waals surface area contributed by atoms with Crippen LogP contribution < -0.4 is 5.73 Å². The zero-order valence-corrected chi connectivity index (χ0v) is 10.3. The third kappa shape index (κ3) is 2.34. The van der Waals surface area contributed by atoms with E-state index < -0.39 is 0 Å². The molecule has 0 atom stereocenters. The first-order chi connectivity index (χ1) is 8.33. The largest absolute Gasteiger partial charge is 0.328 e. The fourth-order valence-electron chi connectivity index (χ4n) is 2.89. The van der Waals surface area contributed by atoms with Gasteiger partial charge in [0, 0.05) is 29.8 Å². The van der Waals surface area contributed by atoms with Crippen LogP contribution in [0.3, 0.4) is 0 Å². The molecule has 0 amide bonds. The number of aromatic nitrogens is 2. The van der Waals surface area contributed by atoms with Gasteiger partial charge in [0.25, 0.3) is 0 Å². The van der Waals surface area contributed by atoms with Crippen LogP contribution in [0.4, 0.5) is 0 Å². The van der Waals surface area contributed by atoms with Gasteiger partial charge < -0.3 is 5.73 Å². The fourth-order valence-corrected chi connectivity index (χ4v) is 2.89. The lowest BCUT2D eigenvalue weighted by Gasteiger charge is -2.27. The van der Waals surface area contributed by atoms with E-state index in [2.05, 4.69) is 11.1 Å². The number of hydrogen-bond acceptors (Lipinski definition) is 3. The molecular formula is C14H21N3. The van der Waals surface area contributed by atoms with Crippen molar-refractivity contribution in [3.8, 4) is 0 Å². The molecule has 3 rings (SSSR count). The zero-order chi connectivity index (χ0) is 11.7. The topological polar surface area (TPSA) is 51.8 Å². The molecule has 1 aromatic heterocycles. The van der Waals surface area contributed by atoms with E-state index in [0.29, 0.717) is 17.9 Å². The third-order valence-corrected chi connectivity index (χ3v) is 4.36. The van der Waals surface area contributed by atoms with Crippen molar-refractivity contribution in [3.63, 3.8) is 0 Å². The van der Waals surface area contributed by atoms with Crippen LogP contribution in [0.5, 0.6) is 0 Å². The minimum Gasteiger partial charge on any atom is -0.328 e. The Kier molecular flexibility index (Phi) is 3.10. The van der Waals surface area contributed by atoms with Crippen molar-refractivity contribution < 1.29 is 0 Å². The summed E-state index contributed by atoms with van der Waals surface area (Å²) < 4.78 is 0. The van der Waals surface area contributed by atoms with Crippen molar-refractivity contribution in [2.45, 2.75) is 62.8 Å². The summed E-state index contributed by atoms with van der Waals surface area (Å²) in [6, 6.07) is 2.50. The second-order valence-corrected chi connectivity index (χ2v) is 5.58. The van der Waals surface area contributed by atoms with Gasteiger partial charge in [-0.15, -0.1) is 0 Å². The van der Waals surface area contributed by atoms with Gasteiger partial charge in [-0.2, -0.15) is 0 Å². The van der Waals surface area contributed by atoms with Gasteiger partial charge in [0.2, 0.25) is 0 Å². The molecule has 0 bridgehead atoms. The molecule has 0 spiro atoms. The summed E-state index contributed by atoms with van der Waals surface area (Å²) in [5.74, 6) is 2.33. The Balaban J connectivity index is 1.73. The lowest BCUT2D eigenvalue weighted by atomic mass is 9.82. The van der Waals surface area contributed by atoms with E-state index in [9.17, 15) is 0 Å². The Morgan fingerprint density at radius 1 is 1.00 bits per heavy atom. The van der Waals surface area contributed by atoms with Gasteiger partial charge >= 0.3 is 0 Å². The van der Waals surface area contributed by atoms with E-state index in [0.717, 1.165) is 31.5 Å². The lowest BCUT2D eigenvalue weighted by Crippen LogP contribution is -2.26. The molecule has 2 fully saturated rings. The van der Waals surface area contributed by atoms with Crippen molar-refractivity contribution in [1.29, 1.82) is 0 Å². The Morgan fingerprint density at radius 2 is 1.76 bits per heavy atom. The predicted molar refractivity (Wildman–Crippen MR) is 67.8 cm³/mol. The maximum Gasteiger partial charge on any atom is 0.131 e. The second-order valence-electron chi connectivity index (χ2n) is 5.58. The summed E-state index contributed by atoms with van der Waals surface area (Å²) in [6.07, 6.45) is 10.5. The molecule has 0 saturated heterocycles. The summed E-state index contributed by atoms with van der Waals surface area (Å²) in [7, 11) is 0. The molecule has 0 radical (unpaired) electrons. The number of hydrogen-bond donors (Lipinski definition) is 1. The molecule has 3 nitrogen and oxygen atoms in total. The molecule has 2 aliphatic rings. The van der Waals surface area contributed by atoms with Gasteiger partial charge in [-0.05, 0) is 44.6 Å². The molecule has 2 aliphatic carbocycles. The van der Waals surface area contributed by atoms with Gasteiger partial charge in [0.1, 0.15) is 5.82 Å². The normalized spacial score (nSPS) is 29.9. The summed E-state index contributed by atoms with van der Waals surface area (Å²) in [6.45, 7) is 0. The summed E-state index contributed by atoms with van der Waals surface area (Å²) in [5, 5.41) is 0. The van der Waals surface area contributed by atoms with Crippen LogP contribution in [0.1, 0.15) is 68.3 Å². The Bertz CT molecular complexity index is 379. The van der Waals surface area contributed by atoms with E-state index in [1.807, 2.05) is 6.20 Å². The van der Waals surface area contributed by atoms with Crippen LogP contribution in [-0.2, 0) is 0 Å². The number of nitrogens with zero attached hydrogens (tertiary/aromatic N) is 2. The molecule has 2 N–H and O–H groups in total. The van der Waals surface area contributed by atoms with Crippen molar-refractivity contribution in [1.82, 2.24) is 9.97 Å². The molecule has 17 heavy (non-hydrogen) atoms. The highest BCUT2D eigenvalue weighted by Gasteiger charge is 2.25. The van der Waals surface area contributed by atoms with Crippen molar-refractivity contribution in [2.24, 2.45) is 5.73 Å². The van der Waals surface area contributed by atoms with Crippen LogP contribution in [0, 0.1) is 0 Å². The number of nitrogens with two attached hydrogens (primary N) is 1. The Hall–Kier alpha value is -0.960. The highest BCUT2D eigenvalue weighted by atomic mass is 14.9. The van der Waals surface area contributed by atoms with E-state index >= 15 is 0 Å². The molecule has 1 aromatic rings.